The Morgan fingerprint density at radius 3 is 2.93 bits per heavy atom. The molecule has 0 N–H and O–H groups in total. The molecule has 1 rings (SSSR count). The second kappa shape index (κ2) is 6.06. The van der Waals surface area contributed by atoms with Crippen LogP contribution in [-0.4, -0.2) is 20.7 Å². The number of hydrogen-bond acceptors (Lipinski definition) is 4. The summed E-state index contributed by atoms with van der Waals surface area (Å²) in [6.45, 7) is 0. The van der Waals surface area contributed by atoms with Gasteiger partial charge >= 0.3 is 0 Å². The van der Waals surface area contributed by atoms with E-state index in [1.807, 2.05) is 6.26 Å². The Bertz CT molecular complexity index is 389. The molecular weight excluding hydrogens is 327 g/mol. The van der Waals surface area contributed by atoms with Crippen LogP contribution in [0.15, 0.2) is 29.3 Å². The summed E-state index contributed by atoms with van der Waals surface area (Å²) in [7, 11) is 0. The van der Waals surface area contributed by atoms with Gasteiger partial charge in [-0.1, -0.05) is 28.7 Å². The van der Waals surface area contributed by atoms with Crippen LogP contribution in [0.4, 0.5) is 11.4 Å². The van der Waals surface area contributed by atoms with E-state index < -0.39 is 4.92 Å². The predicted octanol–water partition coefficient (Wildman–Crippen LogP) is 3.42. The number of nitro groups is 1. The molecule has 0 aliphatic heterocycles. The highest BCUT2D eigenvalue weighted by Crippen LogP contribution is 2.21. The number of halogens is 1. The first-order chi connectivity index (χ1) is 7.17. The first kappa shape index (κ1) is 12.4. The zero-order valence-electron chi connectivity index (χ0n) is 8.01. The number of non-ortho nitro benzene ring substituents is 1. The highest BCUT2D eigenvalue weighted by molar-refractivity contribution is 14.1. The zero-order chi connectivity index (χ0) is 11.3. The van der Waals surface area contributed by atoms with Gasteiger partial charge in [0.1, 0.15) is 0 Å². The number of rotatable bonds is 3. The van der Waals surface area contributed by atoms with Gasteiger partial charge in [-0.2, -0.15) is 0 Å². The molecule has 0 saturated heterocycles. The molecule has 0 atom stereocenters. The second-order valence-electron chi connectivity index (χ2n) is 2.62. The molecule has 0 saturated carbocycles. The lowest BCUT2D eigenvalue weighted by Crippen LogP contribution is -1.91. The molecule has 0 amide bonds. The third-order valence-electron chi connectivity index (χ3n) is 1.64. The van der Waals surface area contributed by atoms with E-state index in [0.717, 1.165) is 9.47 Å². The van der Waals surface area contributed by atoms with Gasteiger partial charge in [0.25, 0.3) is 5.69 Å². The Morgan fingerprint density at radius 1 is 1.67 bits per heavy atom. The minimum atomic E-state index is -0.415. The Labute approximate surface area is 105 Å². The minimum Gasteiger partial charge on any atom is -0.258 e. The molecule has 0 aliphatic carbocycles. The summed E-state index contributed by atoms with van der Waals surface area (Å²) < 4.78 is 0.807. The van der Waals surface area contributed by atoms with Crippen molar-refractivity contribution in [3.8, 4) is 0 Å². The second-order valence-corrected chi connectivity index (χ2v) is 4.26. The topological polar surface area (TPSA) is 55.5 Å². The fourth-order valence-corrected chi connectivity index (χ4v) is 2.36. The third-order valence-corrected chi connectivity index (χ3v) is 3.59. The molecule has 0 fully saturated rings. The third kappa shape index (κ3) is 3.78. The van der Waals surface area contributed by atoms with E-state index >= 15 is 0 Å². The SMILES string of the molecule is CSC(CI)=Nc1cccc([N+](=O)[O-])c1. The maximum absolute atomic E-state index is 10.5. The quantitative estimate of drug-likeness (QED) is 0.212. The maximum Gasteiger partial charge on any atom is 0.271 e. The van der Waals surface area contributed by atoms with Crippen LogP contribution in [0.3, 0.4) is 0 Å². The van der Waals surface area contributed by atoms with Crippen LogP contribution in [0.5, 0.6) is 0 Å². The van der Waals surface area contributed by atoms with Crippen LogP contribution >= 0.6 is 34.4 Å². The zero-order valence-corrected chi connectivity index (χ0v) is 11.0. The first-order valence-electron chi connectivity index (χ1n) is 4.09. The minimum absolute atomic E-state index is 0.0742. The average Bonchev–Trinajstić information content (AvgIpc) is 2.26. The van der Waals surface area contributed by atoms with E-state index in [4.69, 9.17) is 0 Å². The van der Waals surface area contributed by atoms with Crippen molar-refractivity contribution in [3.63, 3.8) is 0 Å². The number of aliphatic imine (C=N–C) groups is 1. The van der Waals surface area contributed by atoms with Crippen LogP contribution in [0.1, 0.15) is 0 Å². The Balaban J connectivity index is 3.00. The van der Waals surface area contributed by atoms with E-state index in [2.05, 4.69) is 27.6 Å². The largest absolute Gasteiger partial charge is 0.271 e. The fourth-order valence-electron chi connectivity index (χ4n) is 0.950. The van der Waals surface area contributed by atoms with Gasteiger partial charge in [-0.3, -0.25) is 10.1 Å². The molecule has 0 bridgehead atoms. The Kier molecular flexibility index (Phi) is 5.03. The maximum atomic E-state index is 10.5. The average molecular weight is 336 g/mol. The highest BCUT2D eigenvalue weighted by atomic mass is 127. The summed E-state index contributed by atoms with van der Waals surface area (Å²) in [5.74, 6) is 0. The first-order valence-corrected chi connectivity index (χ1v) is 6.84. The van der Waals surface area contributed by atoms with Crippen LogP contribution in [0.2, 0.25) is 0 Å². The number of thioether (sulfide) groups is 1. The van der Waals surface area contributed by atoms with Crippen molar-refractivity contribution in [2.75, 3.05) is 10.7 Å². The predicted molar refractivity (Wildman–Crippen MR) is 72.6 cm³/mol. The van der Waals surface area contributed by atoms with Crippen molar-refractivity contribution in [2.24, 2.45) is 4.99 Å². The summed E-state index contributed by atoms with van der Waals surface area (Å²) in [6.07, 6.45) is 1.94. The number of nitro benzene ring substituents is 1. The smallest absolute Gasteiger partial charge is 0.258 e. The van der Waals surface area contributed by atoms with E-state index in [1.165, 1.54) is 12.1 Å². The summed E-state index contributed by atoms with van der Waals surface area (Å²) >= 11 is 3.76. The molecule has 0 radical (unpaired) electrons. The molecule has 0 spiro atoms. The lowest BCUT2D eigenvalue weighted by molar-refractivity contribution is -0.384. The van der Waals surface area contributed by atoms with Crippen LogP contribution in [-0.2, 0) is 0 Å². The Hall–Kier alpha value is -0.630. The van der Waals surface area contributed by atoms with Crippen molar-refractivity contribution in [2.45, 2.75) is 0 Å². The van der Waals surface area contributed by atoms with Crippen molar-refractivity contribution >= 4 is 50.8 Å². The molecular formula is C9H9IN2O2S. The summed E-state index contributed by atoms with van der Waals surface area (Å²) in [5.41, 5.74) is 0.704. The van der Waals surface area contributed by atoms with Gasteiger partial charge in [0, 0.05) is 16.6 Å². The summed E-state index contributed by atoms with van der Waals surface area (Å²) in [6, 6.07) is 6.34. The van der Waals surface area contributed by atoms with Gasteiger partial charge < -0.3 is 0 Å². The van der Waals surface area contributed by atoms with Crippen LogP contribution in [0.25, 0.3) is 0 Å². The molecule has 6 heteroatoms. The number of hydrogen-bond donors (Lipinski definition) is 0. The highest BCUT2D eigenvalue weighted by Gasteiger charge is 2.05. The van der Waals surface area contributed by atoms with E-state index in [-0.39, 0.29) is 5.69 Å². The normalized spacial score (nSPS) is 11.5. The van der Waals surface area contributed by atoms with Gasteiger partial charge in [-0.05, 0) is 12.3 Å². The van der Waals surface area contributed by atoms with Crippen molar-refractivity contribution in [1.82, 2.24) is 0 Å². The van der Waals surface area contributed by atoms with Crippen LogP contribution < -0.4 is 0 Å². The van der Waals surface area contributed by atoms with Crippen molar-refractivity contribution < 1.29 is 4.92 Å². The molecule has 1 aromatic rings. The molecule has 0 aromatic heterocycles. The molecule has 15 heavy (non-hydrogen) atoms. The molecule has 0 aliphatic rings. The standard InChI is InChI=1S/C9H9IN2O2S/c1-15-9(6-10)11-7-3-2-4-8(5-7)12(13)14/h2-5H,6H2,1H3. The fraction of sp³-hybridized carbons (Fsp3) is 0.222. The number of alkyl halides is 1. The monoisotopic (exact) mass is 336 g/mol. The molecule has 80 valence electrons. The number of benzene rings is 1. The van der Waals surface area contributed by atoms with Gasteiger partial charge in [-0.25, -0.2) is 4.99 Å². The molecule has 1 aromatic carbocycles. The molecule has 4 nitrogen and oxygen atoms in total. The van der Waals surface area contributed by atoms with Crippen molar-refractivity contribution in [3.05, 3.63) is 34.4 Å². The van der Waals surface area contributed by atoms with Gasteiger partial charge in [-0.15, -0.1) is 11.8 Å². The van der Waals surface area contributed by atoms with E-state index in [9.17, 15) is 10.1 Å². The van der Waals surface area contributed by atoms with Crippen LogP contribution in [0, 0.1) is 10.1 Å². The molecule has 0 unspecified atom stereocenters. The van der Waals surface area contributed by atoms with E-state index in [0.29, 0.717) is 5.69 Å². The Morgan fingerprint density at radius 2 is 2.40 bits per heavy atom. The number of nitrogens with zero attached hydrogens (tertiary/aromatic N) is 2. The molecule has 0 heterocycles. The lowest BCUT2D eigenvalue weighted by atomic mass is 10.3. The lowest BCUT2D eigenvalue weighted by Gasteiger charge is -1.98. The van der Waals surface area contributed by atoms with Gasteiger partial charge in [0.15, 0.2) is 0 Å². The van der Waals surface area contributed by atoms with E-state index in [1.54, 1.807) is 23.9 Å². The van der Waals surface area contributed by atoms with Crippen molar-refractivity contribution in [1.29, 1.82) is 0 Å². The van der Waals surface area contributed by atoms with Gasteiger partial charge in [0.05, 0.1) is 15.7 Å². The summed E-state index contributed by atoms with van der Waals surface area (Å²) in [5, 5.41) is 11.5. The summed E-state index contributed by atoms with van der Waals surface area (Å²) in [4.78, 5) is 14.4. The van der Waals surface area contributed by atoms with Gasteiger partial charge in [0.2, 0.25) is 0 Å².